The Kier molecular flexibility index (Phi) is 5.21. The highest BCUT2D eigenvalue weighted by Gasteiger charge is 2.49. The highest BCUT2D eigenvalue weighted by atomic mass is 16.6. The second-order valence-corrected chi connectivity index (χ2v) is 7.87. The van der Waals surface area contributed by atoms with Crippen LogP contribution in [-0.2, 0) is 15.1 Å². The van der Waals surface area contributed by atoms with Crippen LogP contribution < -0.4 is 10.2 Å². The summed E-state index contributed by atoms with van der Waals surface area (Å²) in [5.41, 5.74) is -0.196. The van der Waals surface area contributed by atoms with Gasteiger partial charge in [0.15, 0.2) is 5.78 Å². The number of rotatable bonds is 6. The van der Waals surface area contributed by atoms with Crippen molar-refractivity contribution in [1.82, 2.24) is 10.2 Å². The molecule has 2 heterocycles. The van der Waals surface area contributed by atoms with Crippen molar-refractivity contribution < 1.29 is 24.1 Å². The van der Waals surface area contributed by atoms with Gasteiger partial charge >= 0.3 is 6.03 Å². The molecule has 10 heteroatoms. The van der Waals surface area contributed by atoms with Crippen molar-refractivity contribution in [2.24, 2.45) is 0 Å². The van der Waals surface area contributed by atoms with Crippen molar-refractivity contribution >= 4 is 35.0 Å². The lowest BCUT2D eigenvalue weighted by molar-refractivity contribution is -0.384. The summed E-state index contributed by atoms with van der Waals surface area (Å²) in [6.07, 6.45) is 1.29. The van der Waals surface area contributed by atoms with Gasteiger partial charge < -0.3 is 10.2 Å². The molecule has 1 N–H and O–H groups in total. The maximum absolute atomic E-state index is 13.0. The molecule has 0 aliphatic carbocycles. The zero-order valence-corrected chi connectivity index (χ0v) is 17.2. The third-order valence-electron chi connectivity index (χ3n) is 5.81. The second-order valence-electron chi connectivity index (χ2n) is 7.87. The first-order valence-electron chi connectivity index (χ1n) is 10.0. The maximum atomic E-state index is 13.0. The van der Waals surface area contributed by atoms with Crippen molar-refractivity contribution in [3.8, 4) is 0 Å². The number of nitro groups is 1. The van der Waals surface area contributed by atoms with Crippen LogP contribution in [0.5, 0.6) is 0 Å². The Balaban J connectivity index is 1.48. The number of nitrogens with one attached hydrogen (secondary N) is 1. The molecule has 1 atom stereocenters. The van der Waals surface area contributed by atoms with Gasteiger partial charge in [0, 0.05) is 36.3 Å². The molecule has 2 aromatic carbocycles. The van der Waals surface area contributed by atoms with Crippen molar-refractivity contribution in [3.05, 3.63) is 69.8 Å². The quantitative estimate of drug-likeness (QED) is 0.320. The predicted octanol–water partition coefficient (Wildman–Crippen LogP) is 2.37. The first-order valence-corrected chi connectivity index (χ1v) is 10.0. The number of benzene rings is 2. The number of imide groups is 1. The predicted molar refractivity (Wildman–Crippen MR) is 113 cm³/mol. The van der Waals surface area contributed by atoms with E-state index in [2.05, 4.69) is 5.32 Å². The minimum atomic E-state index is -1.44. The fourth-order valence-electron chi connectivity index (χ4n) is 3.94. The van der Waals surface area contributed by atoms with Gasteiger partial charge in [-0.05, 0) is 55.3 Å². The number of carbonyl (C=O) groups excluding carboxylic acids is 4. The van der Waals surface area contributed by atoms with Crippen LogP contribution in [0.2, 0.25) is 0 Å². The molecule has 2 saturated heterocycles. The number of amides is 4. The zero-order valence-electron chi connectivity index (χ0n) is 17.2. The fraction of sp³-hybridized carbons (Fsp3) is 0.273. The highest BCUT2D eigenvalue weighted by molar-refractivity contribution is 6.11. The van der Waals surface area contributed by atoms with E-state index in [1.807, 2.05) is 0 Å². The van der Waals surface area contributed by atoms with Gasteiger partial charge in [-0.1, -0.05) is 0 Å². The third kappa shape index (κ3) is 3.59. The molecule has 0 unspecified atom stereocenters. The molecule has 0 bridgehead atoms. The van der Waals surface area contributed by atoms with Crippen LogP contribution in [-0.4, -0.2) is 46.5 Å². The molecule has 0 spiro atoms. The third-order valence-corrected chi connectivity index (χ3v) is 5.81. The Hall–Kier alpha value is -4.08. The Bertz CT molecular complexity index is 1130. The molecule has 0 radical (unpaired) electrons. The van der Waals surface area contributed by atoms with Crippen LogP contribution in [0, 0.1) is 10.1 Å². The summed E-state index contributed by atoms with van der Waals surface area (Å²) in [6, 6.07) is 11.1. The molecular weight excluding hydrogens is 416 g/mol. The molecule has 4 rings (SSSR count). The van der Waals surface area contributed by atoms with E-state index in [1.54, 1.807) is 29.2 Å². The summed E-state index contributed by atoms with van der Waals surface area (Å²) >= 11 is 0. The largest absolute Gasteiger partial charge is 0.325 e. The van der Waals surface area contributed by atoms with E-state index in [-0.39, 0.29) is 11.6 Å². The lowest BCUT2D eigenvalue weighted by atomic mass is 9.92. The molecule has 2 aliphatic heterocycles. The molecule has 4 amide bonds. The monoisotopic (exact) mass is 436 g/mol. The number of non-ortho nitro benzene ring substituents is 1. The number of urea groups is 1. The minimum absolute atomic E-state index is 0.0361. The maximum Gasteiger partial charge on any atom is 0.325 e. The molecular formula is C22H20N4O6. The van der Waals surface area contributed by atoms with E-state index in [4.69, 9.17) is 0 Å². The van der Waals surface area contributed by atoms with Gasteiger partial charge in [-0.3, -0.25) is 29.4 Å². The Labute approximate surface area is 182 Å². The Morgan fingerprint density at radius 3 is 2.31 bits per heavy atom. The molecule has 2 fully saturated rings. The molecule has 164 valence electrons. The molecule has 10 nitrogen and oxygen atoms in total. The summed E-state index contributed by atoms with van der Waals surface area (Å²) in [7, 11) is 0. The first-order chi connectivity index (χ1) is 15.2. The number of anilines is 1. The van der Waals surface area contributed by atoms with Gasteiger partial charge in [0.05, 0.1) is 11.5 Å². The normalized spacial score (nSPS) is 20.6. The standard InChI is InChI=1S/C22H20N4O6/c1-22(15-6-10-17(11-7-15)26(31)32)20(29)25(21(30)23-22)13-18(27)14-4-8-16(9-5-14)24-12-2-3-19(24)28/h4-11H,2-3,12-13H2,1H3,(H,23,30)/t22-/m0/s1. The average molecular weight is 436 g/mol. The van der Waals surface area contributed by atoms with Crippen molar-refractivity contribution in [2.75, 3.05) is 18.0 Å². The van der Waals surface area contributed by atoms with Crippen molar-refractivity contribution in [3.63, 3.8) is 0 Å². The number of hydrogen-bond donors (Lipinski definition) is 1. The van der Waals surface area contributed by atoms with E-state index in [9.17, 15) is 29.3 Å². The van der Waals surface area contributed by atoms with Crippen LogP contribution in [0.3, 0.4) is 0 Å². The lowest BCUT2D eigenvalue weighted by Crippen LogP contribution is -2.41. The van der Waals surface area contributed by atoms with E-state index < -0.39 is 34.7 Å². The SMILES string of the molecule is C[C@@]1(c2ccc([N+](=O)[O-])cc2)NC(=O)N(CC(=O)c2ccc(N3CCCC3=O)cc2)C1=O. The van der Waals surface area contributed by atoms with Crippen LogP contribution >= 0.6 is 0 Å². The average Bonchev–Trinajstić information content (AvgIpc) is 3.30. The number of Topliss-reactive ketones (excluding diaryl/α,β-unsaturated/α-hetero) is 1. The van der Waals surface area contributed by atoms with Crippen molar-refractivity contribution in [1.29, 1.82) is 0 Å². The smallest absolute Gasteiger partial charge is 0.319 e. The lowest BCUT2D eigenvalue weighted by Gasteiger charge is -2.22. The Morgan fingerprint density at radius 1 is 1.09 bits per heavy atom. The summed E-state index contributed by atoms with van der Waals surface area (Å²) in [5.74, 6) is -1.02. The van der Waals surface area contributed by atoms with Gasteiger partial charge in [0.1, 0.15) is 5.54 Å². The van der Waals surface area contributed by atoms with Crippen LogP contribution in [0.1, 0.15) is 35.7 Å². The summed E-state index contributed by atoms with van der Waals surface area (Å²) in [6.45, 7) is 1.67. The van der Waals surface area contributed by atoms with Gasteiger partial charge in [-0.2, -0.15) is 0 Å². The zero-order chi connectivity index (χ0) is 23.0. The van der Waals surface area contributed by atoms with E-state index in [0.717, 1.165) is 11.3 Å². The van der Waals surface area contributed by atoms with Gasteiger partial charge in [-0.15, -0.1) is 0 Å². The number of carbonyl (C=O) groups is 4. The number of nitrogens with zero attached hydrogens (tertiary/aromatic N) is 3. The highest BCUT2D eigenvalue weighted by Crippen LogP contribution is 2.30. The molecule has 2 aromatic rings. The van der Waals surface area contributed by atoms with Crippen LogP contribution in [0.25, 0.3) is 0 Å². The van der Waals surface area contributed by atoms with Gasteiger partial charge in [0.25, 0.3) is 11.6 Å². The molecule has 2 aliphatic rings. The minimum Gasteiger partial charge on any atom is -0.319 e. The first kappa shape index (κ1) is 21.2. The molecule has 0 saturated carbocycles. The molecule has 32 heavy (non-hydrogen) atoms. The number of hydrogen-bond acceptors (Lipinski definition) is 6. The fourth-order valence-corrected chi connectivity index (χ4v) is 3.94. The number of nitro benzene ring substituents is 1. The van der Waals surface area contributed by atoms with E-state index >= 15 is 0 Å². The Morgan fingerprint density at radius 2 is 1.75 bits per heavy atom. The van der Waals surface area contributed by atoms with E-state index in [1.165, 1.54) is 31.2 Å². The number of ketones is 1. The van der Waals surface area contributed by atoms with Gasteiger partial charge in [0.2, 0.25) is 5.91 Å². The van der Waals surface area contributed by atoms with Crippen LogP contribution in [0.4, 0.5) is 16.2 Å². The summed E-state index contributed by atoms with van der Waals surface area (Å²) in [4.78, 5) is 62.8. The molecule has 0 aromatic heterocycles. The van der Waals surface area contributed by atoms with Crippen LogP contribution in [0.15, 0.2) is 48.5 Å². The second kappa shape index (κ2) is 7.88. The summed E-state index contributed by atoms with van der Waals surface area (Å²) in [5, 5.41) is 13.4. The van der Waals surface area contributed by atoms with Crippen molar-refractivity contribution in [2.45, 2.75) is 25.3 Å². The van der Waals surface area contributed by atoms with Gasteiger partial charge in [-0.25, -0.2) is 4.79 Å². The topological polar surface area (TPSA) is 130 Å². The summed E-state index contributed by atoms with van der Waals surface area (Å²) < 4.78 is 0. The van der Waals surface area contributed by atoms with E-state index in [0.29, 0.717) is 29.8 Å².